The smallest absolute Gasteiger partial charge is 0.00168 e. The van der Waals surface area contributed by atoms with E-state index in [-0.39, 0.29) is 0 Å². The Bertz CT molecular complexity index is 167. The molecule has 0 heterocycles. The lowest BCUT2D eigenvalue weighted by molar-refractivity contribution is 1.47. The van der Waals surface area contributed by atoms with Gasteiger partial charge in [-0.15, -0.1) is 0 Å². The molecule has 1 heteroatoms. The molecule has 8 heavy (non-hydrogen) atoms. The Morgan fingerprint density at radius 1 is 1.38 bits per heavy atom. The molecule has 0 atom stereocenters. The molecular weight excluding hydrogens is 116 g/mol. The van der Waals surface area contributed by atoms with Crippen LogP contribution in [0.15, 0.2) is 29.2 Å². The predicted molar refractivity (Wildman–Crippen MR) is 39.7 cm³/mol. The van der Waals surface area contributed by atoms with Gasteiger partial charge in [-0.05, 0) is 23.1 Å². The van der Waals surface area contributed by atoms with Crippen LogP contribution < -0.4 is 0 Å². The van der Waals surface area contributed by atoms with E-state index in [9.17, 15) is 0 Å². The van der Waals surface area contributed by atoms with E-state index in [1.807, 2.05) is 24.3 Å². The minimum Gasteiger partial charge on any atom is -0.177 e. The van der Waals surface area contributed by atoms with Crippen LogP contribution >= 0.6 is 11.4 Å². The Labute approximate surface area is 53.1 Å². The number of rotatable bonds is 1. The minimum atomic E-state index is 1.08. The normalized spacial score (nSPS) is 9.00. The van der Waals surface area contributed by atoms with E-state index in [4.69, 9.17) is 0 Å². The predicted octanol–water partition coefficient (Wildman–Crippen LogP) is 1.74. The van der Waals surface area contributed by atoms with E-state index < -0.39 is 0 Å². The van der Waals surface area contributed by atoms with E-state index in [1.165, 1.54) is 4.90 Å². The van der Waals surface area contributed by atoms with Crippen LogP contribution in [0, 0.1) is 6.07 Å². The molecule has 0 fully saturated rings. The van der Waals surface area contributed by atoms with Gasteiger partial charge >= 0.3 is 0 Å². The van der Waals surface area contributed by atoms with Gasteiger partial charge in [0.15, 0.2) is 0 Å². The summed E-state index contributed by atoms with van der Waals surface area (Å²) in [7, 11) is 0. The van der Waals surface area contributed by atoms with Crippen LogP contribution in [0.25, 0.3) is 0 Å². The van der Waals surface area contributed by atoms with Crippen molar-refractivity contribution in [1.29, 1.82) is 0 Å². The summed E-state index contributed by atoms with van der Waals surface area (Å²) >= 11 is 1.08. The maximum Gasteiger partial charge on any atom is -0.00168 e. The lowest BCUT2D eigenvalue weighted by Crippen LogP contribution is -1.60. The molecule has 0 amide bonds. The highest BCUT2D eigenvalue weighted by Crippen LogP contribution is 2.05. The average Bonchev–Trinajstić information content (AvgIpc) is 1.90. The van der Waals surface area contributed by atoms with Gasteiger partial charge in [0.05, 0.1) is 0 Å². The van der Waals surface area contributed by atoms with Crippen molar-refractivity contribution in [2.24, 2.45) is 0 Å². The van der Waals surface area contributed by atoms with Gasteiger partial charge in [-0.1, -0.05) is 18.0 Å². The van der Waals surface area contributed by atoms with Gasteiger partial charge in [-0.3, -0.25) is 0 Å². The lowest BCUT2D eigenvalue weighted by Gasteiger charge is -1.85. The second kappa shape index (κ2) is 2.68. The van der Waals surface area contributed by atoms with Crippen molar-refractivity contribution in [3.8, 4) is 0 Å². The largest absolute Gasteiger partial charge is 0.177 e. The summed E-state index contributed by atoms with van der Waals surface area (Å²) in [6.45, 7) is 0. The molecule has 0 aliphatic carbocycles. The standard InChI is InChI=1S/C7H7S/c1-8-7-5-3-2-4-6-7/h3-6,8H,1H2. The number of hydrogen-bond donors (Lipinski definition) is 1. The lowest BCUT2D eigenvalue weighted by atomic mass is 10.4. The molecule has 41 valence electrons. The molecule has 0 aliphatic rings. The summed E-state index contributed by atoms with van der Waals surface area (Å²) in [5.41, 5.74) is 0. The van der Waals surface area contributed by atoms with Gasteiger partial charge in [-0.25, -0.2) is 0 Å². The first kappa shape index (κ1) is 5.57. The van der Waals surface area contributed by atoms with Gasteiger partial charge in [0, 0.05) is 0 Å². The summed E-state index contributed by atoms with van der Waals surface area (Å²) in [6, 6.07) is 10.7. The molecule has 0 aromatic heterocycles. The molecule has 0 saturated carbocycles. The van der Waals surface area contributed by atoms with E-state index >= 15 is 0 Å². The Morgan fingerprint density at radius 3 is 2.38 bits per heavy atom. The zero-order valence-electron chi connectivity index (χ0n) is 4.46. The fraction of sp³-hybridized carbons (Fsp3) is 0. The van der Waals surface area contributed by atoms with Crippen molar-refractivity contribution in [3.63, 3.8) is 0 Å². The average molecular weight is 123 g/mol. The maximum atomic E-state index is 3.71. The monoisotopic (exact) mass is 123 g/mol. The molecule has 0 nitrogen and oxygen atoms in total. The third-order valence-corrected chi connectivity index (χ3v) is 1.55. The second-order valence-electron chi connectivity index (χ2n) is 1.42. The van der Waals surface area contributed by atoms with Gasteiger partial charge in [0.1, 0.15) is 0 Å². The van der Waals surface area contributed by atoms with Crippen LogP contribution in [0.2, 0.25) is 0 Å². The summed E-state index contributed by atoms with van der Waals surface area (Å²) in [5.74, 6) is 3.71. The Kier molecular flexibility index (Phi) is 1.86. The Hall–Kier alpha value is -0.560. The first-order chi connectivity index (χ1) is 3.93. The van der Waals surface area contributed by atoms with Crippen LogP contribution in [0.3, 0.4) is 0 Å². The molecule has 0 aliphatic heterocycles. The first-order valence-electron chi connectivity index (χ1n) is 2.36. The van der Waals surface area contributed by atoms with Crippen molar-refractivity contribution in [2.45, 2.75) is 4.90 Å². The number of thiol groups is 1. The fourth-order valence-corrected chi connectivity index (χ4v) is 0.843. The molecule has 1 aromatic carbocycles. The van der Waals surface area contributed by atoms with Crippen molar-refractivity contribution >= 4 is 17.2 Å². The third-order valence-electron chi connectivity index (χ3n) is 0.883. The van der Waals surface area contributed by atoms with Gasteiger partial charge < -0.3 is 0 Å². The van der Waals surface area contributed by atoms with Crippen molar-refractivity contribution in [1.82, 2.24) is 0 Å². The Balaban J connectivity index is 2.99. The second-order valence-corrected chi connectivity index (χ2v) is 2.25. The Morgan fingerprint density at radius 2 is 2.00 bits per heavy atom. The summed E-state index contributed by atoms with van der Waals surface area (Å²) < 4.78 is 0. The highest BCUT2D eigenvalue weighted by Gasteiger charge is 1.75. The highest BCUT2D eigenvalue weighted by atomic mass is 32.1. The molecule has 0 saturated heterocycles. The number of benzene rings is 1. The maximum absolute atomic E-state index is 3.71. The number of hydrogen-bond acceptors (Lipinski definition) is 0. The summed E-state index contributed by atoms with van der Waals surface area (Å²) in [6.07, 6.45) is 0. The SMILES string of the molecule is C=[SH]c1cc[c]cc1. The van der Waals surface area contributed by atoms with E-state index in [1.54, 1.807) is 0 Å². The van der Waals surface area contributed by atoms with Crippen LogP contribution in [-0.2, 0) is 0 Å². The summed E-state index contributed by atoms with van der Waals surface area (Å²) in [5, 5.41) is 0. The van der Waals surface area contributed by atoms with Crippen LogP contribution in [0.5, 0.6) is 0 Å². The van der Waals surface area contributed by atoms with Crippen molar-refractivity contribution < 1.29 is 0 Å². The molecule has 0 N–H and O–H groups in total. The van der Waals surface area contributed by atoms with Gasteiger partial charge in [0.25, 0.3) is 0 Å². The molecule has 1 radical (unpaired) electrons. The quantitative estimate of drug-likeness (QED) is 0.427. The van der Waals surface area contributed by atoms with Crippen molar-refractivity contribution in [3.05, 3.63) is 30.3 Å². The zero-order valence-corrected chi connectivity index (χ0v) is 5.36. The third kappa shape index (κ3) is 1.20. The zero-order chi connectivity index (χ0) is 5.82. The molecule has 1 rings (SSSR count). The topological polar surface area (TPSA) is 0 Å². The van der Waals surface area contributed by atoms with Crippen LogP contribution in [-0.4, -0.2) is 5.87 Å². The molecular formula is C7H7S. The molecule has 0 unspecified atom stereocenters. The van der Waals surface area contributed by atoms with Gasteiger partial charge in [0.2, 0.25) is 0 Å². The molecule has 0 bridgehead atoms. The minimum absolute atomic E-state index is 1.08. The van der Waals surface area contributed by atoms with E-state index in [0.29, 0.717) is 0 Å². The van der Waals surface area contributed by atoms with E-state index in [2.05, 4.69) is 11.9 Å². The first-order valence-corrected chi connectivity index (χ1v) is 3.44. The molecule has 1 aromatic rings. The highest BCUT2D eigenvalue weighted by molar-refractivity contribution is 7.96. The van der Waals surface area contributed by atoms with Crippen LogP contribution in [0.1, 0.15) is 0 Å². The fourth-order valence-electron chi connectivity index (χ4n) is 0.484. The molecule has 0 spiro atoms. The summed E-state index contributed by atoms with van der Waals surface area (Å²) in [4.78, 5) is 1.24. The van der Waals surface area contributed by atoms with Crippen LogP contribution in [0.4, 0.5) is 0 Å². The van der Waals surface area contributed by atoms with Gasteiger partial charge in [-0.2, -0.15) is 11.4 Å². The van der Waals surface area contributed by atoms with E-state index in [0.717, 1.165) is 11.4 Å². The van der Waals surface area contributed by atoms with Crippen molar-refractivity contribution in [2.75, 3.05) is 0 Å².